The number of nitrogens with one attached hydrogen (secondary N) is 1. The predicted octanol–water partition coefficient (Wildman–Crippen LogP) is 4.96. The van der Waals surface area contributed by atoms with Crippen LogP contribution in [0, 0.1) is 0 Å². The van der Waals surface area contributed by atoms with Gasteiger partial charge in [0.25, 0.3) is 5.91 Å². The molecule has 2 aromatic carbocycles. The molecule has 0 unspecified atom stereocenters. The van der Waals surface area contributed by atoms with Gasteiger partial charge in [-0.2, -0.15) is 0 Å². The summed E-state index contributed by atoms with van der Waals surface area (Å²) >= 11 is 5.99. The Balaban J connectivity index is 2.21. The molecule has 0 saturated heterocycles. The van der Waals surface area contributed by atoms with Crippen molar-refractivity contribution in [3.05, 3.63) is 64.7 Å². The minimum Gasteiger partial charge on any atom is -0.483 e. The van der Waals surface area contributed by atoms with Crippen LogP contribution in [0.15, 0.2) is 48.5 Å². The Kier molecular flexibility index (Phi) is 8.52. The highest BCUT2D eigenvalue weighted by Crippen LogP contribution is 2.31. The molecule has 0 aliphatic carbocycles. The molecule has 2 rings (SSSR count). The number of hydrogen-bond donors (Lipinski definition) is 1. The van der Waals surface area contributed by atoms with Crippen molar-refractivity contribution in [3.8, 4) is 5.75 Å². The number of hydrogen-bond acceptors (Lipinski definition) is 3. The summed E-state index contributed by atoms with van der Waals surface area (Å²) in [6.07, 6.45) is 0. The lowest BCUT2D eigenvalue weighted by atomic mass is 9.86. The second kappa shape index (κ2) is 10.7. The van der Waals surface area contributed by atoms with E-state index in [0.29, 0.717) is 10.8 Å². The van der Waals surface area contributed by atoms with Crippen LogP contribution >= 0.6 is 11.6 Å². The van der Waals surface area contributed by atoms with Crippen molar-refractivity contribution in [2.75, 3.05) is 6.61 Å². The van der Waals surface area contributed by atoms with Crippen molar-refractivity contribution in [3.63, 3.8) is 0 Å². The number of nitrogens with zero attached hydrogens (tertiary/aromatic N) is 1. The van der Waals surface area contributed by atoms with Crippen LogP contribution in [0.3, 0.4) is 0 Å². The van der Waals surface area contributed by atoms with Crippen molar-refractivity contribution < 1.29 is 14.3 Å². The average molecular weight is 445 g/mol. The third-order valence-corrected chi connectivity index (χ3v) is 5.16. The van der Waals surface area contributed by atoms with Gasteiger partial charge in [-0.15, -0.1) is 0 Å². The molecule has 0 aliphatic rings. The van der Waals surface area contributed by atoms with Crippen molar-refractivity contribution >= 4 is 23.4 Å². The zero-order chi connectivity index (χ0) is 23.2. The van der Waals surface area contributed by atoms with E-state index in [1.165, 1.54) is 0 Å². The molecular weight excluding hydrogens is 412 g/mol. The van der Waals surface area contributed by atoms with Crippen LogP contribution in [-0.4, -0.2) is 35.4 Å². The van der Waals surface area contributed by atoms with Crippen LogP contribution in [0.25, 0.3) is 0 Å². The summed E-state index contributed by atoms with van der Waals surface area (Å²) in [5.41, 5.74) is 1.79. The largest absolute Gasteiger partial charge is 0.483 e. The first-order valence-electron chi connectivity index (χ1n) is 10.6. The molecule has 0 fully saturated rings. The molecular formula is C25H33ClN2O3. The summed E-state index contributed by atoms with van der Waals surface area (Å²) in [6.45, 7) is 11.9. The Morgan fingerprint density at radius 3 is 2.23 bits per heavy atom. The van der Waals surface area contributed by atoms with E-state index in [2.05, 4.69) is 26.1 Å². The lowest BCUT2D eigenvalue weighted by Crippen LogP contribution is -2.50. The van der Waals surface area contributed by atoms with Crippen molar-refractivity contribution in [1.82, 2.24) is 10.2 Å². The number of carbonyl (C=O) groups is 2. The smallest absolute Gasteiger partial charge is 0.261 e. The van der Waals surface area contributed by atoms with Crippen LogP contribution < -0.4 is 10.1 Å². The summed E-state index contributed by atoms with van der Waals surface area (Å²) in [4.78, 5) is 27.4. The van der Waals surface area contributed by atoms with Gasteiger partial charge in [0.2, 0.25) is 5.91 Å². The van der Waals surface area contributed by atoms with Gasteiger partial charge in [-0.05, 0) is 55.5 Å². The lowest BCUT2D eigenvalue weighted by molar-refractivity contribution is -0.142. The molecule has 0 saturated carbocycles. The molecule has 0 aliphatic heterocycles. The second-order valence-electron chi connectivity index (χ2n) is 9.02. The fraction of sp³-hybridized carbons (Fsp3) is 0.440. The Morgan fingerprint density at radius 2 is 1.65 bits per heavy atom. The Hall–Kier alpha value is -2.53. The fourth-order valence-electron chi connectivity index (χ4n) is 3.21. The van der Waals surface area contributed by atoms with Crippen LogP contribution in [-0.2, 0) is 21.5 Å². The van der Waals surface area contributed by atoms with Gasteiger partial charge in [-0.3, -0.25) is 9.59 Å². The van der Waals surface area contributed by atoms with Crippen molar-refractivity contribution in [2.24, 2.45) is 0 Å². The maximum absolute atomic E-state index is 13.2. The van der Waals surface area contributed by atoms with Crippen LogP contribution in [0.4, 0.5) is 0 Å². The number of ether oxygens (including phenoxy) is 1. The number of halogens is 1. The van der Waals surface area contributed by atoms with E-state index >= 15 is 0 Å². The zero-order valence-electron chi connectivity index (χ0n) is 19.2. The fourth-order valence-corrected chi connectivity index (χ4v) is 3.33. The highest BCUT2D eigenvalue weighted by molar-refractivity contribution is 6.30. The average Bonchev–Trinajstić information content (AvgIpc) is 2.70. The molecule has 0 spiro atoms. The first kappa shape index (κ1) is 24.7. The van der Waals surface area contributed by atoms with Crippen LogP contribution in [0.1, 0.15) is 52.7 Å². The maximum atomic E-state index is 13.2. The summed E-state index contributed by atoms with van der Waals surface area (Å²) in [7, 11) is 0. The molecule has 2 amide bonds. The summed E-state index contributed by atoms with van der Waals surface area (Å²) < 4.78 is 5.93. The minimum absolute atomic E-state index is 0.0163. The first-order valence-corrected chi connectivity index (χ1v) is 10.9. The molecule has 5 nitrogen and oxygen atoms in total. The normalized spacial score (nSPS) is 12.4. The standard InChI is InChI=1S/C25H33ClN2O3/c1-17(2)27-24(30)18(3)28(15-19-11-13-20(26)14-12-19)23(29)16-31-22-10-8-7-9-21(22)25(4,5)6/h7-14,17-18H,15-16H2,1-6H3,(H,27,30)/t18-/m0/s1. The highest BCUT2D eigenvalue weighted by Gasteiger charge is 2.27. The monoisotopic (exact) mass is 444 g/mol. The molecule has 1 atom stereocenters. The maximum Gasteiger partial charge on any atom is 0.261 e. The lowest BCUT2D eigenvalue weighted by Gasteiger charge is -2.30. The quantitative estimate of drug-likeness (QED) is 0.626. The van der Waals surface area contributed by atoms with E-state index in [-0.39, 0.29) is 36.4 Å². The molecule has 1 N–H and O–H groups in total. The van der Waals surface area contributed by atoms with E-state index in [1.807, 2.05) is 50.2 Å². The Bertz CT molecular complexity index is 888. The number of benzene rings is 2. The van der Waals surface area contributed by atoms with E-state index in [0.717, 1.165) is 11.1 Å². The van der Waals surface area contributed by atoms with E-state index in [9.17, 15) is 9.59 Å². The molecule has 168 valence electrons. The predicted molar refractivity (Wildman–Crippen MR) is 125 cm³/mol. The van der Waals surface area contributed by atoms with E-state index < -0.39 is 6.04 Å². The van der Waals surface area contributed by atoms with Gasteiger partial charge in [0, 0.05) is 17.6 Å². The van der Waals surface area contributed by atoms with Gasteiger partial charge in [0.05, 0.1) is 0 Å². The van der Waals surface area contributed by atoms with Crippen molar-refractivity contribution in [2.45, 2.75) is 65.6 Å². The van der Waals surface area contributed by atoms with E-state index in [1.54, 1.807) is 24.0 Å². The topological polar surface area (TPSA) is 58.6 Å². The van der Waals surface area contributed by atoms with Crippen LogP contribution in [0.2, 0.25) is 5.02 Å². The third kappa shape index (κ3) is 7.28. The molecule has 0 aromatic heterocycles. The van der Waals surface area contributed by atoms with Gasteiger partial charge in [-0.25, -0.2) is 0 Å². The van der Waals surface area contributed by atoms with Gasteiger partial charge in [0.1, 0.15) is 11.8 Å². The molecule has 0 radical (unpaired) electrons. The minimum atomic E-state index is -0.646. The summed E-state index contributed by atoms with van der Waals surface area (Å²) in [6, 6.07) is 14.3. The summed E-state index contributed by atoms with van der Waals surface area (Å²) in [5, 5.41) is 3.50. The van der Waals surface area contributed by atoms with Crippen LogP contribution in [0.5, 0.6) is 5.75 Å². The van der Waals surface area contributed by atoms with Gasteiger partial charge in [0.15, 0.2) is 6.61 Å². The number of amides is 2. The second-order valence-corrected chi connectivity index (χ2v) is 9.46. The molecule has 6 heteroatoms. The van der Waals surface area contributed by atoms with Gasteiger partial charge in [-0.1, -0.05) is 62.7 Å². The Morgan fingerprint density at radius 1 is 1.03 bits per heavy atom. The van der Waals surface area contributed by atoms with E-state index in [4.69, 9.17) is 16.3 Å². The number of carbonyl (C=O) groups excluding carboxylic acids is 2. The molecule has 2 aromatic rings. The summed E-state index contributed by atoms with van der Waals surface area (Å²) in [5.74, 6) is 0.214. The molecule has 31 heavy (non-hydrogen) atoms. The molecule has 0 bridgehead atoms. The Labute approximate surface area is 190 Å². The van der Waals surface area contributed by atoms with Gasteiger partial charge < -0.3 is 15.0 Å². The zero-order valence-corrected chi connectivity index (χ0v) is 20.0. The molecule has 0 heterocycles. The highest BCUT2D eigenvalue weighted by atomic mass is 35.5. The third-order valence-electron chi connectivity index (χ3n) is 4.91. The number of rotatable bonds is 8. The van der Waals surface area contributed by atoms with Crippen molar-refractivity contribution in [1.29, 1.82) is 0 Å². The van der Waals surface area contributed by atoms with Gasteiger partial charge >= 0.3 is 0 Å². The number of para-hydroxylation sites is 1. The SMILES string of the molecule is CC(C)NC(=O)[C@H](C)N(Cc1ccc(Cl)cc1)C(=O)COc1ccccc1C(C)(C)C. The first-order chi connectivity index (χ1) is 14.5.